The normalized spacial score (nSPS) is 21.0. The molecule has 1 N–H and O–H groups in total. The number of carbonyl (C=O) groups is 7. The van der Waals surface area contributed by atoms with Crippen molar-refractivity contribution in [2.45, 2.75) is 112 Å². The summed E-state index contributed by atoms with van der Waals surface area (Å²) in [4.78, 5) is 96.3. The number of hydrogen-bond acceptors (Lipinski definition) is 8. The van der Waals surface area contributed by atoms with Gasteiger partial charge in [-0.2, -0.15) is 0 Å². The molecule has 11 heteroatoms. The van der Waals surface area contributed by atoms with Gasteiger partial charge < -0.3 is 19.9 Å². The number of carbonyl (C=O) groups excluding carboxylic acids is 7. The first-order valence-corrected chi connectivity index (χ1v) is 17.9. The largest absolute Gasteiger partial charge is 0.463 e. The fraction of sp³-hybridized carbons (Fsp3) is 0.667. The van der Waals surface area contributed by atoms with Crippen molar-refractivity contribution >= 4 is 41.0 Å². The molecular formula is C39H57N3O8. The zero-order chi connectivity index (χ0) is 37.7. The number of rotatable bonds is 17. The van der Waals surface area contributed by atoms with Gasteiger partial charge in [-0.1, -0.05) is 78.3 Å². The van der Waals surface area contributed by atoms with Gasteiger partial charge in [-0.3, -0.25) is 33.6 Å². The average molecular weight is 696 g/mol. The van der Waals surface area contributed by atoms with Crippen molar-refractivity contribution in [3.8, 4) is 0 Å². The number of Topliss-reactive ketones (excluding diaryl/α,β-unsaturated/α-hetero) is 3. The molecule has 6 atom stereocenters. The second-order valence-electron chi connectivity index (χ2n) is 16.1. The first-order valence-electron chi connectivity index (χ1n) is 17.9. The van der Waals surface area contributed by atoms with E-state index in [9.17, 15) is 33.6 Å². The minimum Gasteiger partial charge on any atom is -0.463 e. The molecule has 1 heterocycles. The van der Waals surface area contributed by atoms with Gasteiger partial charge in [0.2, 0.25) is 23.5 Å². The molecule has 11 nitrogen and oxygen atoms in total. The summed E-state index contributed by atoms with van der Waals surface area (Å²) < 4.78 is 5.36. The van der Waals surface area contributed by atoms with E-state index in [4.69, 9.17) is 4.74 Å². The third-order valence-corrected chi connectivity index (χ3v) is 10.3. The predicted molar refractivity (Wildman–Crippen MR) is 188 cm³/mol. The molecule has 0 aromatic heterocycles. The van der Waals surface area contributed by atoms with Gasteiger partial charge >= 0.3 is 5.97 Å². The van der Waals surface area contributed by atoms with E-state index in [0.717, 1.165) is 0 Å². The highest BCUT2D eigenvalue weighted by Gasteiger charge is 2.69. The summed E-state index contributed by atoms with van der Waals surface area (Å²) in [7, 11) is 3.17. The first-order chi connectivity index (χ1) is 23.2. The summed E-state index contributed by atoms with van der Waals surface area (Å²) in [5.74, 6) is -4.91. The molecule has 0 spiro atoms. The lowest BCUT2D eigenvalue weighted by Gasteiger charge is -2.37. The van der Waals surface area contributed by atoms with E-state index < -0.39 is 52.8 Å². The molecule has 276 valence electrons. The quantitative estimate of drug-likeness (QED) is 0.182. The molecule has 0 radical (unpaired) electrons. The highest BCUT2D eigenvalue weighted by atomic mass is 16.5. The van der Waals surface area contributed by atoms with Gasteiger partial charge in [-0.25, -0.2) is 0 Å². The zero-order valence-electron chi connectivity index (χ0n) is 31.5. The number of piperidine rings is 1. The molecule has 1 aliphatic heterocycles. The van der Waals surface area contributed by atoms with Crippen LogP contribution < -0.4 is 5.32 Å². The van der Waals surface area contributed by atoms with Gasteiger partial charge in [0.15, 0.2) is 11.6 Å². The van der Waals surface area contributed by atoms with Crippen molar-refractivity contribution in [1.82, 2.24) is 15.1 Å². The third kappa shape index (κ3) is 9.66. The predicted octanol–water partition coefficient (Wildman–Crippen LogP) is 4.71. The number of ether oxygens (including phenoxy) is 1. The van der Waals surface area contributed by atoms with Crippen molar-refractivity contribution in [3.05, 3.63) is 35.9 Å². The smallest absolute Gasteiger partial charge is 0.306 e. The van der Waals surface area contributed by atoms with Gasteiger partial charge in [0.25, 0.3) is 0 Å². The van der Waals surface area contributed by atoms with Gasteiger partial charge in [-0.15, -0.1) is 0 Å². The number of amides is 3. The van der Waals surface area contributed by atoms with Crippen molar-refractivity contribution in [2.75, 3.05) is 20.6 Å². The molecule has 1 unspecified atom stereocenters. The topological polar surface area (TPSA) is 147 Å². The van der Waals surface area contributed by atoms with Crippen molar-refractivity contribution < 1.29 is 38.3 Å². The number of fused-ring (bicyclic) bond motifs is 1. The van der Waals surface area contributed by atoms with Crippen molar-refractivity contribution in [2.24, 2.45) is 34.5 Å². The Morgan fingerprint density at radius 1 is 0.980 bits per heavy atom. The maximum absolute atomic E-state index is 14.1. The Hall–Kier alpha value is -3.89. The summed E-state index contributed by atoms with van der Waals surface area (Å²) in [6, 6.07) is 7.06. The number of likely N-dealkylation sites (tertiary alicyclic amines) is 1. The van der Waals surface area contributed by atoms with Crippen LogP contribution in [0.5, 0.6) is 0 Å². The lowest BCUT2D eigenvalue weighted by Crippen LogP contribution is -2.51. The number of nitrogens with one attached hydrogen (secondary N) is 1. The van der Waals surface area contributed by atoms with E-state index in [1.807, 2.05) is 27.7 Å². The summed E-state index contributed by atoms with van der Waals surface area (Å²) in [6.07, 6.45) is -0.416. The number of likely N-dealkylation sites (N-methyl/N-ethyl adjacent to an activating group) is 1. The fourth-order valence-corrected chi connectivity index (χ4v) is 7.36. The van der Waals surface area contributed by atoms with Crippen LogP contribution in [0.1, 0.15) is 106 Å². The Bertz CT molecular complexity index is 1440. The van der Waals surface area contributed by atoms with E-state index in [2.05, 4.69) is 19.2 Å². The number of ketones is 3. The molecule has 1 saturated carbocycles. The Morgan fingerprint density at radius 2 is 1.60 bits per heavy atom. The van der Waals surface area contributed by atoms with Crippen LogP contribution in [0.2, 0.25) is 0 Å². The molecule has 50 heavy (non-hydrogen) atoms. The monoisotopic (exact) mass is 695 g/mol. The number of benzene rings is 1. The van der Waals surface area contributed by atoms with Gasteiger partial charge in [0.1, 0.15) is 6.04 Å². The summed E-state index contributed by atoms with van der Waals surface area (Å²) >= 11 is 0. The molecule has 3 amide bonds. The SMILES string of the molecule is CCCC(CC(=O)[C@@H]1[C@@H]2[C@H](CN1C(=O)[C@@H](CC(=O)OC(C)C)C(C)(C)C)C2(C)C)C(=O)C(=O)CCC(=O)N[C@H](C(=O)N(C)C)c1ccccc1. The number of hydrogen-bond donors (Lipinski definition) is 1. The van der Waals surface area contributed by atoms with Crippen LogP contribution in [-0.2, 0) is 38.3 Å². The standard InChI is InChI=1S/C39H57N3O8/c1-11-15-25(35(47)28(43)18-19-30(45)40-33(37(49)41(9)10)24-16-13-12-14-17-24)20-29(44)34-32-27(39(32,7)8)22-42(34)36(48)26(38(4,5)6)21-31(46)50-23(2)3/h12-14,16-17,23,25-27,32-34H,11,15,18-22H2,1-10H3,(H,40,45)/t25?,26-,27+,32+,33+,34-/m1/s1. The van der Waals surface area contributed by atoms with Crippen LogP contribution in [0.15, 0.2) is 30.3 Å². The minimum absolute atomic E-state index is 0.0820. The van der Waals surface area contributed by atoms with E-state index in [-0.39, 0.29) is 66.6 Å². The van der Waals surface area contributed by atoms with Crippen LogP contribution >= 0.6 is 0 Å². The lowest BCUT2D eigenvalue weighted by molar-refractivity contribution is -0.156. The molecule has 0 bridgehead atoms. The van der Waals surface area contributed by atoms with Crippen molar-refractivity contribution in [1.29, 1.82) is 0 Å². The van der Waals surface area contributed by atoms with Crippen molar-refractivity contribution in [3.63, 3.8) is 0 Å². The van der Waals surface area contributed by atoms with Crippen LogP contribution in [0, 0.1) is 34.5 Å². The molecule has 1 aliphatic carbocycles. The van der Waals surface area contributed by atoms with Crippen LogP contribution in [0.3, 0.4) is 0 Å². The number of nitrogens with zero attached hydrogens (tertiary/aromatic N) is 2. The highest BCUT2D eigenvalue weighted by Crippen LogP contribution is 2.65. The Balaban J connectivity index is 1.72. The van der Waals surface area contributed by atoms with E-state index in [1.165, 1.54) is 4.90 Å². The van der Waals surface area contributed by atoms with Crippen LogP contribution in [-0.4, -0.2) is 83.6 Å². The fourth-order valence-electron chi connectivity index (χ4n) is 7.36. The van der Waals surface area contributed by atoms with Gasteiger partial charge in [-0.05, 0) is 48.5 Å². The average Bonchev–Trinajstić information content (AvgIpc) is 3.33. The highest BCUT2D eigenvalue weighted by molar-refractivity contribution is 6.38. The second-order valence-corrected chi connectivity index (χ2v) is 16.1. The maximum atomic E-state index is 14.1. The Kier molecular flexibility index (Phi) is 13.3. The summed E-state index contributed by atoms with van der Waals surface area (Å²) in [5.41, 5.74) is -0.152. The lowest BCUT2D eigenvalue weighted by atomic mass is 9.77. The Labute approximate surface area is 297 Å². The molecule has 3 rings (SSSR count). The summed E-state index contributed by atoms with van der Waals surface area (Å²) in [5, 5.41) is 2.69. The van der Waals surface area contributed by atoms with E-state index in [1.54, 1.807) is 63.2 Å². The number of esters is 1. The molecule has 2 aliphatic rings. The minimum atomic E-state index is -0.943. The first kappa shape index (κ1) is 40.5. The van der Waals surface area contributed by atoms with Gasteiger partial charge in [0, 0.05) is 45.8 Å². The van der Waals surface area contributed by atoms with Gasteiger partial charge in [0.05, 0.1) is 24.5 Å². The van der Waals surface area contributed by atoms with Crippen LogP contribution in [0.25, 0.3) is 0 Å². The second kappa shape index (κ2) is 16.4. The van der Waals surface area contributed by atoms with E-state index in [0.29, 0.717) is 24.9 Å². The third-order valence-electron chi connectivity index (χ3n) is 10.3. The zero-order valence-corrected chi connectivity index (χ0v) is 31.5. The Morgan fingerprint density at radius 3 is 2.14 bits per heavy atom. The van der Waals surface area contributed by atoms with E-state index >= 15 is 0 Å². The summed E-state index contributed by atoms with van der Waals surface area (Å²) in [6.45, 7) is 15.6. The molecule has 1 saturated heterocycles. The molecule has 2 fully saturated rings. The molecule has 1 aromatic carbocycles. The molecular weight excluding hydrogens is 638 g/mol. The maximum Gasteiger partial charge on any atom is 0.306 e. The molecule has 1 aromatic rings. The van der Waals surface area contributed by atoms with Crippen LogP contribution in [0.4, 0.5) is 0 Å².